The maximum absolute atomic E-state index is 13.0. The van der Waals surface area contributed by atoms with Gasteiger partial charge in [-0.05, 0) is 58.8 Å². The Labute approximate surface area is 134 Å². The molecule has 1 aromatic carbocycles. The van der Waals surface area contributed by atoms with Crippen LogP contribution in [0.15, 0.2) is 27.6 Å². The van der Waals surface area contributed by atoms with Crippen LogP contribution in [0.25, 0.3) is 0 Å². The van der Waals surface area contributed by atoms with Gasteiger partial charge in [-0.3, -0.25) is 0 Å². The summed E-state index contributed by atoms with van der Waals surface area (Å²) in [5.41, 5.74) is 0.621. The maximum Gasteiger partial charge on any atom is 0.244 e. The summed E-state index contributed by atoms with van der Waals surface area (Å²) in [6.07, 6.45) is 5.43. The van der Waals surface area contributed by atoms with E-state index in [0.717, 1.165) is 25.7 Å². The Bertz CT molecular complexity index is 632. The lowest BCUT2D eigenvalue weighted by Crippen LogP contribution is -2.39. The van der Waals surface area contributed by atoms with Gasteiger partial charge in [0, 0.05) is 17.1 Å². The number of hydrogen-bond acceptors (Lipinski definition) is 3. The van der Waals surface area contributed by atoms with Crippen LogP contribution in [0.5, 0.6) is 0 Å². The van der Waals surface area contributed by atoms with Gasteiger partial charge in [-0.1, -0.05) is 18.9 Å². The summed E-state index contributed by atoms with van der Waals surface area (Å²) in [6.45, 7) is 0.468. The van der Waals surface area contributed by atoms with Crippen molar-refractivity contribution in [2.45, 2.75) is 49.6 Å². The molecule has 6 heteroatoms. The van der Waals surface area contributed by atoms with Crippen LogP contribution >= 0.6 is 15.9 Å². The summed E-state index contributed by atoms with van der Waals surface area (Å²) in [7, 11) is -3.50. The number of halogens is 1. The monoisotopic (exact) mass is 373 g/mol. The quantitative estimate of drug-likeness (QED) is 0.885. The highest BCUT2D eigenvalue weighted by molar-refractivity contribution is 9.10. The molecule has 4 nitrogen and oxygen atoms in total. The van der Waals surface area contributed by atoms with E-state index in [0.29, 0.717) is 22.5 Å². The smallest absolute Gasteiger partial charge is 0.244 e. The molecule has 116 valence electrons. The van der Waals surface area contributed by atoms with Crippen LogP contribution in [0.2, 0.25) is 0 Å². The minimum atomic E-state index is -3.50. The van der Waals surface area contributed by atoms with E-state index in [9.17, 15) is 13.5 Å². The van der Waals surface area contributed by atoms with Crippen molar-refractivity contribution in [3.05, 3.63) is 28.2 Å². The first-order valence-corrected chi connectivity index (χ1v) is 9.68. The average Bonchev–Trinajstić information content (AvgIpc) is 2.92. The second-order valence-corrected chi connectivity index (χ2v) is 8.65. The van der Waals surface area contributed by atoms with Gasteiger partial charge in [-0.25, -0.2) is 8.42 Å². The Hall–Kier alpha value is -0.430. The second-order valence-electron chi connectivity index (χ2n) is 5.94. The summed E-state index contributed by atoms with van der Waals surface area (Å²) in [6, 6.07) is 5.17. The van der Waals surface area contributed by atoms with Crippen LogP contribution in [-0.4, -0.2) is 30.4 Å². The fourth-order valence-electron chi connectivity index (χ4n) is 3.63. The van der Waals surface area contributed by atoms with E-state index in [1.54, 1.807) is 22.5 Å². The van der Waals surface area contributed by atoms with Crippen LogP contribution in [0.3, 0.4) is 0 Å². The SMILES string of the molecule is O=S(=O)(c1cc(CO)ccc1Br)N1CCC2CCCCC21. The van der Waals surface area contributed by atoms with E-state index in [4.69, 9.17) is 0 Å². The van der Waals surface area contributed by atoms with Gasteiger partial charge in [0.05, 0.1) is 11.5 Å². The molecule has 2 aliphatic rings. The number of hydrogen-bond donors (Lipinski definition) is 1. The minimum Gasteiger partial charge on any atom is -0.392 e. The van der Waals surface area contributed by atoms with Crippen molar-refractivity contribution in [1.29, 1.82) is 0 Å². The molecule has 2 fully saturated rings. The van der Waals surface area contributed by atoms with Crippen LogP contribution < -0.4 is 0 Å². The van der Waals surface area contributed by atoms with Crippen molar-refractivity contribution >= 4 is 26.0 Å². The third-order valence-corrected chi connectivity index (χ3v) is 7.64. The number of aliphatic hydroxyl groups excluding tert-OH is 1. The Morgan fingerprint density at radius 3 is 2.76 bits per heavy atom. The molecule has 0 amide bonds. The van der Waals surface area contributed by atoms with Crippen molar-refractivity contribution in [2.24, 2.45) is 5.92 Å². The fraction of sp³-hybridized carbons (Fsp3) is 0.600. The molecule has 2 unspecified atom stereocenters. The van der Waals surface area contributed by atoms with E-state index in [-0.39, 0.29) is 17.5 Å². The number of rotatable bonds is 3. The molecule has 1 saturated heterocycles. The predicted molar refractivity (Wildman–Crippen MR) is 84.3 cm³/mol. The molecule has 1 aliphatic heterocycles. The summed E-state index contributed by atoms with van der Waals surface area (Å²) in [5.74, 6) is 0.522. The first-order chi connectivity index (χ1) is 10.0. The van der Waals surface area contributed by atoms with Crippen molar-refractivity contribution in [3.8, 4) is 0 Å². The van der Waals surface area contributed by atoms with Gasteiger partial charge in [-0.15, -0.1) is 0 Å². The van der Waals surface area contributed by atoms with Crippen molar-refractivity contribution in [3.63, 3.8) is 0 Å². The van der Waals surface area contributed by atoms with Crippen LogP contribution in [0.4, 0.5) is 0 Å². The standard InChI is InChI=1S/C15H20BrNO3S/c16-13-6-5-11(10-18)9-15(13)21(19,20)17-8-7-12-3-1-2-4-14(12)17/h5-6,9,12,14,18H,1-4,7-8,10H2. The van der Waals surface area contributed by atoms with Gasteiger partial charge in [0.25, 0.3) is 0 Å². The highest BCUT2D eigenvalue weighted by Gasteiger charge is 2.42. The van der Waals surface area contributed by atoms with E-state index in [1.165, 1.54) is 6.42 Å². The summed E-state index contributed by atoms with van der Waals surface area (Å²) < 4.78 is 28.2. The van der Waals surface area contributed by atoms with Crippen molar-refractivity contribution in [2.75, 3.05) is 6.54 Å². The lowest BCUT2D eigenvalue weighted by molar-refractivity contribution is 0.260. The summed E-state index contributed by atoms with van der Waals surface area (Å²) in [5, 5.41) is 9.25. The molecule has 1 aromatic rings. The van der Waals surface area contributed by atoms with Gasteiger partial charge >= 0.3 is 0 Å². The second kappa shape index (κ2) is 5.99. The highest BCUT2D eigenvalue weighted by Crippen LogP contribution is 2.40. The van der Waals surface area contributed by atoms with Crippen molar-refractivity contribution < 1.29 is 13.5 Å². The molecule has 0 spiro atoms. The zero-order valence-electron chi connectivity index (χ0n) is 11.8. The Morgan fingerprint density at radius 1 is 1.24 bits per heavy atom. The molecule has 0 aromatic heterocycles. The number of benzene rings is 1. The molecule has 1 saturated carbocycles. The Morgan fingerprint density at radius 2 is 2.00 bits per heavy atom. The van der Waals surface area contributed by atoms with Crippen LogP contribution in [0, 0.1) is 5.92 Å². The van der Waals surface area contributed by atoms with Crippen LogP contribution in [-0.2, 0) is 16.6 Å². The normalized spacial score (nSPS) is 26.8. The van der Waals surface area contributed by atoms with Gasteiger partial charge in [0.2, 0.25) is 10.0 Å². The summed E-state index contributed by atoms with van der Waals surface area (Å²) in [4.78, 5) is 0.278. The van der Waals surface area contributed by atoms with E-state index in [1.807, 2.05) is 0 Å². The number of sulfonamides is 1. The number of nitrogens with zero attached hydrogens (tertiary/aromatic N) is 1. The largest absolute Gasteiger partial charge is 0.392 e. The fourth-order valence-corrected chi connectivity index (χ4v) is 6.34. The molecule has 3 rings (SSSR count). The molecule has 21 heavy (non-hydrogen) atoms. The highest BCUT2D eigenvalue weighted by atomic mass is 79.9. The van der Waals surface area contributed by atoms with E-state index >= 15 is 0 Å². The first kappa shape index (κ1) is 15.5. The first-order valence-electron chi connectivity index (χ1n) is 7.45. The molecule has 0 bridgehead atoms. The average molecular weight is 374 g/mol. The predicted octanol–water partition coefficient (Wildman–Crippen LogP) is 2.89. The zero-order valence-corrected chi connectivity index (χ0v) is 14.2. The van der Waals surface area contributed by atoms with Crippen LogP contribution in [0.1, 0.15) is 37.7 Å². The lowest BCUT2D eigenvalue weighted by atomic mass is 9.86. The zero-order chi connectivity index (χ0) is 15.0. The van der Waals surface area contributed by atoms with Crippen molar-refractivity contribution in [1.82, 2.24) is 4.31 Å². The molecule has 0 radical (unpaired) electrons. The number of fused-ring (bicyclic) bond motifs is 1. The third-order valence-electron chi connectivity index (χ3n) is 4.72. The molecular formula is C15H20BrNO3S. The van der Waals surface area contributed by atoms with Gasteiger partial charge in [0.1, 0.15) is 0 Å². The third kappa shape index (κ3) is 2.79. The maximum atomic E-state index is 13.0. The molecule has 1 aliphatic carbocycles. The molecular weight excluding hydrogens is 354 g/mol. The lowest BCUT2D eigenvalue weighted by Gasteiger charge is -2.31. The topological polar surface area (TPSA) is 57.6 Å². The van der Waals surface area contributed by atoms with E-state index in [2.05, 4.69) is 15.9 Å². The van der Waals surface area contributed by atoms with Gasteiger partial charge in [-0.2, -0.15) is 4.31 Å². The Balaban J connectivity index is 1.97. The minimum absolute atomic E-state index is 0.151. The molecule has 1 N–H and O–H groups in total. The summed E-state index contributed by atoms with van der Waals surface area (Å²) >= 11 is 3.34. The number of aliphatic hydroxyl groups is 1. The van der Waals surface area contributed by atoms with E-state index < -0.39 is 10.0 Å². The van der Waals surface area contributed by atoms with Gasteiger partial charge < -0.3 is 5.11 Å². The molecule has 1 heterocycles. The molecule has 2 atom stereocenters. The Kier molecular flexibility index (Phi) is 4.41. The van der Waals surface area contributed by atoms with Gasteiger partial charge in [0.15, 0.2) is 0 Å².